The Balaban J connectivity index is 2.18. The second-order valence-electron chi connectivity index (χ2n) is 5.27. The zero-order valence-corrected chi connectivity index (χ0v) is 12.9. The van der Waals surface area contributed by atoms with Crippen molar-refractivity contribution in [3.8, 4) is 0 Å². The largest absolute Gasteiger partial charge is 0.481 e. The van der Waals surface area contributed by atoms with Gasteiger partial charge in [-0.25, -0.2) is 0 Å². The van der Waals surface area contributed by atoms with Gasteiger partial charge in [-0.3, -0.25) is 9.69 Å². The molecular weight excluding hydrogens is 351 g/mol. The van der Waals surface area contributed by atoms with Crippen molar-refractivity contribution in [1.82, 2.24) is 4.90 Å². The fourth-order valence-corrected chi connectivity index (χ4v) is 2.95. The number of benzene rings is 1. The minimum atomic E-state index is -4.49. The lowest BCUT2D eigenvalue weighted by Gasteiger charge is -2.25. The lowest BCUT2D eigenvalue weighted by Crippen LogP contribution is -2.33. The van der Waals surface area contributed by atoms with Crippen LogP contribution in [0.1, 0.15) is 18.5 Å². The Bertz CT molecular complexity index is 518. The van der Waals surface area contributed by atoms with Crippen LogP contribution in [0, 0.1) is 11.8 Å². The number of carboxylic acids is 1. The second-order valence-corrected chi connectivity index (χ2v) is 6.19. The van der Waals surface area contributed by atoms with Crippen LogP contribution in [0.4, 0.5) is 13.2 Å². The Morgan fingerprint density at radius 2 is 1.90 bits per heavy atom. The Morgan fingerprint density at radius 1 is 1.33 bits per heavy atom. The van der Waals surface area contributed by atoms with Crippen molar-refractivity contribution in [2.45, 2.75) is 19.1 Å². The number of carboxylic acid groups (broad SMARTS) is 1. The minimum Gasteiger partial charge on any atom is -0.481 e. The van der Waals surface area contributed by atoms with E-state index in [-0.39, 0.29) is 19.1 Å². The van der Waals surface area contributed by atoms with Gasteiger partial charge in [-0.2, -0.15) is 13.2 Å². The molecule has 0 radical (unpaired) electrons. The molecule has 1 heterocycles. The van der Waals surface area contributed by atoms with Gasteiger partial charge in [0.1, 0.15) is 0 Å². The number of nitrogens with zero attached hydrogens (tertiary/aromatic N) is 1. The molecule has 2 rings (SSSR count). The predicted molar refractivity (Wildman–Crippen MR) is 74.8 cm³/mol. The number of aliphatic carboxylic acids is 1. The van der Waals surface area contributed by atoms with Gasteiger partial charge in [0.25, 0.3) is 0 Å². The van der Waals surface area contributed by atoms with Crippen molar-refractivity contribution in [1.29, 1.82) is 0 Å². The average molecular weight is 366 g/mol. The van der Waals surface area contributed by atoms with Crippen molar-refractivity contribution in [2.75, 3.05) is 13.1 Å². The Kier molecular flexibility index (Phi) is 4.63. The van der Waals surface area contributed by atoms with Gasteiger partial charge >= 0.3 is 12.1 Å². The molecule has 1 saturated heterocycles. The van der Waals surface area contributed by atoms with E-state index in [0.29, 0.717) is 0 Å². The normalized spacial score (nSPS) is 25.0. The summed E-state index contributed by atoms with van der Waals surface area (Å²) in [6, 6.07) is 7.03. The molecular formula is C14H15BrF3NO2. The van der Waals surface area contributed by atoms with Gasteiger partial charge in [0.2, 0.25) is 0 Å². The molecule has 3 nitrogen and oxygen atoms in total. The van der Waals surface area contributed by atoms with Crippen molar-refractivity contribution < 1.29 is 23.1 Å². The number of alkyl halides is 3. The number of likely N-dealkylation sites (tertiary alicyclic amines) is 1. The third-order valence-corrected chi connectivity index (χ3v) is 4.51. The van der Waals surface area contributed by atoms with E-state index >= 15 is 0 Å². The maximum absolute atomic E-state index is 13.0. The number of hydrogen-bond donors (Lipinski definition) is 1. The summed E-state index contributed by atoms with van der Waals surface area (Å²) in [4.78, 5) is 12.7. The van der Waals surface area contributed by atoms with E-state index in [0.717, 1.165) is 10.0 Å². The third kappa shape index (κ3) is 3.58. The Morgan fingerprint density at radius 3 is 2.33 bits per heavy atom. The van der Waals surface area contributed by atoms with Crippen LogP contribution in [-0.2, 0) is 4.79 Å². The van der Waals surface area contributed by atoms with Crippen molar-refractivity contribution in [3.63, 3.8) is 0 Å². The van der Waals surface area contributed by atoms with Crippen LogP contribution in [0.5, 0.6) is 0 Å². The van der Waals surface area contributed by atoms with Crippen molar-refractivity contribution in [3.05, 3.63) is 34.3 Å². The smallest absolute Gasteiger partial charge is 0.393 e. The first-order valence-electron chi connectivity index (χ1n) is 6.49. The Hall–Kier alpha value is -1.08. The first-order valence-corrected chi connectivity index (χ1v) is 7.28. The first-order chi connectivity index (χ1) is 9.70. The fourth-order valence-electron chi connectivity index (χ4n) is 2.68. The van der Waals surface area contributed by atoms with E-state index in [1.165, 1.54) is 0 Å². The summed E-state index contributed by atoms with van der Waals surface area (Å²) < 4.78 is 39.8. The summed E-state index contributed by atoms with van der Waals surface area (Å²) >= 11 is 3.30. The molecule has 0 spiro atoms. The van der Waals surface area contributed by atoms with Crippen LogP contribution < -0.4 is 0 Å². The SMILES string of the molecule is CC(c1ccc(Br)cc1)N1C[C@@H](C(F)(F)F)[C@H](C(=O)O)C1. The lowest BCUT2D eigenvalue weighted by atomic mass is 9.96. The molecule has 116 valence electrons. The van der Waals surface area contributed by atoms with E-state index in [1.807, 2.05) is 24.3 Å². The molecule has 1 fully saturated rings. The fraction of sp³-hybridized carbons (Fsp3) is 0.500. The van der Waals surface area contributed by atoms with Crippen LogP contribution in [0.25, 0.3) is 0 Å². The van der Waals surface area contributed by atoms with Crippen LogP contribution >= 0.6 is 15.9 Å². The van der Waals surface area contributed by atoms with E-state index in [1.54, 1.807) is 11.8 Å². The summed E-state index contributed by atoms with van der Waals surface area (Å²) in [5.74, 6) is -4.60. The molecule has 3 atom stereocenters. The summed E-state index contributed by atoms with van der Waals surface area (Å²) in [6.45, 7) is 1.43. The molecule has 0 amide bonds. The summed E-state index contributed by atoms with van der Waals surface area (Å²) in [5.41, 5.74) is 0.866. The van der Waals surface area contributed by atoms with Crippen LogP contribution in [-0.4, -0.2) is 35.2 Å². The molecule has 7 heteroatoms. The zero-order chi connectivity index (χ0) is 15.8. The first kappa shape index (κ1) is 16.3. The van der Waals surface area contributed by atoms with Gasteiger partial charge in [0.05, 0.1) is 11.8 Å². The van der Waals surface area contributed by atoms with E-state index in [4.69, 9.17) is 5.11 Å². The van der Waals surface area contributed by atoms with Crippen LogP contribution in [0.2, 0.25) is 0 Å². The molecule has 1 aromatic rings. The summed E-state index contributed by atoms with van der Waals surface area (Å²) in [5, 5.41) is 9.02. The molecule has 0 saturated carbocycles. The highest BCUT2D eigenvalue weighted by Crippen LogP contribution is 2.40. The second kappa shape index (κ2) is 5.96. The molecule has 1 aliphatic heterocycles. The highest BCUT2D eigenvalue weighted by atomic mass is 79.9. The third-order valence-electron chi connectivity index (χ3n) is 3.99. The number of rotatable bonds is 3. The van der Waals surface area contributed by atoms with E-state index < -0.39 is 24.0 Å². The van der Waals surface area contributed by atoms with Crippen LogP contribution in [0.3, 0.4) is 0 Å². The average Bonchev–Trinajstić information content (AvgIpc) is 2.84. The van der Waals surface area contributed by atoms with Gasteiger partial charge in [-0.05, 0) is 24.6 Å². The molecule has 0 aromatic heterocycles. The molecule has 1 unspecified atom stereocenters. The topological polar surface area (TPSA) is 40.5 Å². The van der Waals surface area contributed by atoms with Gasteiger partial charge in [0, 0.05) is 23.6 Å². The zero-order valence-electron chi connectivity index (χ0n) is 11.3. The highest BCUT2D eigenvalue weighted by molar-refractivity contribution is 9.10. The quantitative estimate of drug-likeness (QED) is 0.887. The van der Waals surface area contributed by atoms with Gasteiger partial charge in [0.15, 0.2) is 0 Å². The predicted octanol–water partition coefficient (Wildman–Crippen LogP) is 3.71. The monoisotopic (exact) mass is 365 g/mol. The van der Waals surface area contributed by atoms with Gasteiger partial charge < -0.3 is 5.11 Å². The lowest BCUT2D eigenvalue weighted by molar-refractivity contribution is -0.188. The maximum Gasteiger partial charge on any atom is 0.393 e. The molecule has 1 N–H and O–H groups in total. The molecule has 1 aliphatic rings. The molecule has 1 aromatic carbocycles. The molecule has 0 aliphatic carbocycles. The standard InChI is InChI=1S/C14H15BrF3NO2/c1-8(9-2-4-10(15)5-3-9)19-6-11(13(20)21)12(7-19)14(16,17)18/h2-5,8,11-12H,6-7H2,1H3,(H,20,21)/t8?,11-,12-/m1/s1. The van der Waals surface area contributed by atoms with Crippen molar-refractivity contribution >= 4 is 21.9 Å². The summed E-state index contributed by atoms with van der Waals surface area (Å²) in [7, 11) is 0. The van der Waals surface area contributed by atoms with E-state index in [9.17, 15) is 18.0 Å². The van der Waals surface area contributed by atoms with Crippen LogP contribution in [0.15, 0.2) is 28.7 Å². The van der Waals surface area contributed by atoms with Gasteiger partial charge in [-0.15, -0.1) is 0 Å². The van der Waals surface area contributed by atoms with Gasteiger partial charge in [-0.1, -0.05) is 28.1 Å². The molecule has 21 heavy (non-hydrogen) atoms. The minimum absolute atomic E-state index is 0.0866. The number of carbonyl (C=O) groups is 1. The van der Waals surface area contributed by atoms with Crippen molar-refractivity contribution in [2.24, 2.45) is 11.8 Å². The Labute approximate surface area is 128 Å². The summed E-state index contributed by atoms with van der Waals surface area (Å²) in [6.07, 6.45) is -4.49. The molecule has 0 bridgehead atoms. The number of halogens is 4. The maximum atomic E-state index is 13.0. The number of hydrogen-bond acceptors (Lipinski definition) is 2. The highest BCUT2D eigenvalue weighted by Gasteiger charge is 2.53. The van der Waals surface area contributed by atoms with E-state index in [2.05, 4.69) is 15.9 Å².